The van der Waals surface area contributed by atoms with Crippen LogP contribution in [0.1, 0.15) is 34.0 Å². The van der Waals surface area contributed by atoms with E-state index in [0.29, 0.717) is 6.54 Å². The monoisotopic (exact) mass is 244 g/mol. The van der Waals surface area contributed by atoms with E-state index in [-0.39, 0.29) is 0 Å². The maximum atomic E-state index is 5.53. The molecule has 1 N–H and O–H groups in total. The summed E-state index contributed by atoms with van der Waals surface area (Å²) in [4.78, 5) is 4.35. The fourth-order valence-corrected chi connectivity index (χ4v) is 1.91. The third kappa shape index (κ3) is 2.99. The molecule has 0 spiro atoms. The van der Waals surface area contributed by atoms with Gasteiger partial charge in [0.05, 0.1) is 12.2 Å². The summed E-state index contributed by atoms with van der Waals surface area (Å²) in [5.41, 5.74) is 4.90. The van der Waals surface area contributed by atoms with Crippen LogP contribution >= 0.6 is 0 Å². The number of hydrogen-bond donors (Lipinski definition) is 1. The summed E-state index contributed by atoms with van der Waals surface area (Å²) in [7, 11) is 0. The SMILES string of the molecule is Cc1ccc(C)c(CNCc2nc(C)c(C)o2)c1. The van der Waals surface area contributed by atoms with Crippen LogP contribution in [-0.2, 0) is 13.1 Å². The second kappa shape index (κ2) is 5.36. The lowest BCUT2D eigenvalue weighted by atomic mass is 10.1. The molecule has 0 unspecified atom stereocenters. The van der Waals surface area contributed by atoms with Crippen LogP contribution in [0, 0.1) is 27.7 Å². The fraction of sp³-hybridized carbons (Fsp3) is 0.400. The van der Waals surface area contributed by atoms with Gasteiger partial charge in [-0.1, -0.05) is 23.8 Å². The quantitative estimate of drug-likeness (QED) is 0.897. The second-order valence-corrected chi connectivity index (χ2v) is 4.78. The average Bonchev–Trinajstić information content (AvgIpc) is 2.63. The number of rotatable bonds is 4. The summed E-state index contributed by atoms with van der Waals surface area (Å²) >= 11 is 0. The van der Waals surface area contributed by atoms with Crippen molar-refractivity contribution in [1.82, 2.24) is 10.3 Å². The van der Waals surface area contributed by atoms with Gasteiger partial charge in [0.25, 0.3) is 0 Å². The molecule has 3 nitrogen and oxygen atoms in total. The summed E-state index contributed by atoms with van der Waals surface area (Å²) in [5, 5.41) is 3.37. The fourth-order valence-electron chi connectivity index (χ4n) is 1.91. The van der Waals surface area contributed by atoms with E-state index in [0.717, 1.165) is 23.9 Å². The van der Waals surface area contributed by atoms with Gasteiger partial charge in [-0.2, -0.15) is 0 Å². The van der Waals surface area contributed by atoms with Gasteiger partial charge in [0.2, 0.25) is 5.89 Å². The van der Waals surface area contributed by atoms with Gasteiger partial charge in [-0.15, -0.1) is 0 Å². The van der Waals surface area contributed by atoms with Crippen molar-refractivity contribution in [3.05, 3.63) is 52.2 Å². The van der Waals surface area contributed by atoms with Crippen LogP contribution in [0.5, 0.6) is 0 Å². The molecule has 0 atom stereocenters. The third-order valence-electron chi connectivity index (χ3n) is 3.17. The third-order valence-corrected chi connectivity index (χ3v) is 3.17. The summed E-state index contributed by atoms with van der Waals surface area (Å²) in [6, 6.07) is 6.51. The molecule has 18 heavy (non-hydrogen) atoms. The van der Waals surface area contributed by atoms with Gasteiger partial charge in [0.1, 0.15) is 5.76 Å². The first-order valence-electron chi connectivity index (χ1n) is 6.26. The van der Waals surface area contributed by atoms with Crippen molar-refractivity contribution in [3.8, 4) is 0 Å². The lowest BCUT2D eigenvalue weighted by Crippen LogP contribution is -2.13. The lowest BCUT2D eigenvalue weighted by molar-refractivity contribution is 0.448. The van der Waals surface area contributed by atoms with E-state index in [4.69, 9.17) is 4.42 Å². The van der Waals surface area contributed by atoms with E-state index in [1.54, 1.807) is 0 Å². The molecular formula is C15H20N2O. The Hall–Kier alpha value is -1.61. The van der Waals surface area contributed by atoms with Crippen molar-refractivity contribution in [3.63, 3.8) is 0 Å². The van der Waals surface area contributed by atoms with Crippen LogP contribution < -0.4 is 5.32 Å². The molecule has 0 bridgehead atoms. The van der Waals surface area contributed by atoms with Gasteiger partial charge < -0.3 is 9.73 Å². The van der Waals surface area contributed by atoms with Crippen LogP contribution in [0.2, 0.25) is 0 Å². The van der Waals surface area contributed by atoms with Crippen LogP contribution in [0.25, 0.3) is 0 Å². The zero-order valence-corrected chi connectivity index (χ0v) is 11.5. The van der Waals surface area contributed by atoms with Crippen molar-refractivity contribution < 1.29 is 4.42 Å². The molecular weight excluding hydrogens is 224 g/mol. The van der Waals surface area contributed by atoms with Crippen molar-refractivity contribution in [2.75, 3.05) is 0 Å². The normalized spacial score (nSPS) is 10.9. The molecule has 0 saturated heterocycles. The molecule has 96 valence electrons. The Morgan fingerprint density at radius 3 is 2.56 bits per heavy atom. The summed E-state index contributed by atoms with van der Waals surface area (Å²) in [5.74, 6) is 1.66. The molecule has 0 radical (unpaired) electrons. The Bertz CT molecular complexity index is 524. The number of aromatic nitrogens is 1. The van der Waals surface area contributed by atoms with Crippen LogP contribution in [0.4, 0.5) is 0 Å². The van der Waals surface area contributed by atoms with Crippen LogP contribution in [0.15, 0.2) is 22.6 Å². The average molecular weight is 244 g/mol. The molecule has 0 aliphatic heterocycles. The molecule has 2 rings (SSSR count). The Morgan fingerprint density at radius 2 is 1.89 bits per heavy atom. The molecule has 3 heteroatoms. The number of hydrogen-bond acceptors (Lipinski definition) is 3. The molecule has 0 aliphatic rings. The summed E-state index contributed by atoms with van der Waals surface area (Å²) in [6.07, 6.45) is 0. The van der Waals surface area contributed by atoms with Crippen molar-refractivity contribution in [1.29, 1.82) is 0 Å². The minimum Gasteiger partial charge on any atom is -0.444 e. The van der Waals surface area contributed by atoms with E-state index in [1.807, 2.05) is 13.8 Å². The maximum absolute atomic E-state index is 5.53. The number of nitrogens with zero attached hydrogens (tertiary/aromatic N) is 1. The Morgan fingerprint density at radius 1 is 1.11 bits per heavy atom. The van der Waals surface area contributed by atoms with Gasteiger partial charge in [0, 0.05) is 6.54 Å². The molecule has 1 aromatic heterocycles. The number of benzene rings is 1. The van der Waals surface area contributed by atoms with Crippen molar-refractivity contribution in [2.24, 2.45) is 0 Å². The molecule has 1 heterocycles. The van der Waals surface area contributed by atoms with Crippen LogP contribution in [0.3, 0.4) is 0 Å². The van der Waals surface area contributed by atoms with E-state index in [1.165, 1.54) is 16.7 Å². The van der Waals surface area contributed by atoms with E-state index in [9.17, 15) is 0 Å². The first kappa shape index (κ1) is 12.8. The Balaban J connectivity index is 1.94. The molecule has 0 amide bonds. The first-order valence-corrected chi connectivity index (χ1v) is 6.26. The molecule has 0 fully saturated rings. The lowest BCUT2D eigenvalue weighted by Gasteiger charge is -2.07. The van der Waals surface area contributed by atoms with E-state index in [2.05, 4.69) is 42.3 Å². The van der Waals surface area contributed by atoms with E-state index < -0.39 is 0 Å². The highest BCUT2D eigenvalue weighted by atomic mass is 16.4. The second-order valence-electron chi connectivity index (χ2n) is 4.78. The minimum absolute atomic E-state index is 0.669. The zero-order valence-electron chi connectivity index (χ0n) is 11.5. The Kier molecular flexibility index (Phi) is 3.82. The van der Waals surface area contributed by atoms with Gasteiger partial charge in [-0.25, -0.2) is 4.98 Å². The smallest absolute Gasteiger partial charge is 0.208 e. The highest BCUT2D eigenvalue weighted by Crippen LogP contribution is 2.11. The Labute approximate surface area is 108 Å². The van der Waals surface area contributed by atoms with Gasteiger partial charge in [0.15, 0.2) is 0 Å². The predicted molar refractivity (Wildman–Crippen MR) is 72.4 cm³/mol. The first-order chi connectivity index (χ1) is 8.56. The zero-order chi connectivity index (χ0) is 13.1. The molecule has 1 aromatic carbocycles. The molecule has 0 saturated carbocycles. The summed E-state index contributed by atoms with van der Waals surface area (Å²) < 4.78 is 5.53. The van der Waals surface area contributed by atoms with Crippen molar-refractivity contribution >= 4 is 0 Å². The largest absolute Gasteiger partial charge is 0.444 e. The standard InChI is InChI=1S/C15H20N2O/c1-10-5-6-11(2)14(7-10)8-16-9-15-17-12(3)13(4)18-15/h5-7,16H,8-9H2,1-4H3. The maximum Gasteiger partial charge on any atom is 0.208 e. The minimum atomic E-state index is 0.669. The van der Waals surface area contributed by atoms with Gasteiger partial charge >= 0.3 is 0 Å². The number of oxazole rings is 1. The topological polar surface area (TPSA) is 38.1 Å². The molecule has 0 aliphatic carbocycles. The summed E-state index contributed by atoms with van der Waals surface area (Å²) in [6.45, 7) is 9.67. The van der Waals surface area contributed by atoms with Gasteiger partial charge in [-0.05, 0) is 38.8 Å². The van der Waals surface area contributed by atoms with E-state index >= 15 is 0 Å². The van der Waals surface area contributed by atoms with Crippen LogP contribution in [-0.4, -0.2) is 4.98 Å². The van der Waals surface area contributed by atoms with Gasteiger partial charge in [-0.3, -0.25) is 0 Å². The number of nitrogens with one attached hydrogen (secondary N) is 1. The highest BCUT2D eigenvalue weighted by molar-refractivity contribution is 5.30. The molecule has 2 aromatic rings. The number of aryl methyl sites for hydroxylation is 4. The highest BCUT2D eigenvalue weighted by Gasteiger charge is 2.05. The predicted octanol–water partition coefficient (Wildman–Crippen LogP) is 3.20. The van der Waals surface area contributed by atoms with Crippen molar-refractivity contribution in [2.45, 2.75) is 40.8 Å².